The van der Waals surface area contributed by atoms with Crippen molar-refractivity contribution in [2.45, 2.75) is 13.3 Å². The number of pyridine rings is 1. The van der Waals surface area contributed by atoms with E-state index in [2.05, 4.69) is 4.98 Å². The van der Waals surface area contributed by atoms with Crippen molar-refractivity contribution in [1.29, 1.82) is 0 Å². The standard InChI is InChI=1S/C19H21N3O2/c1-15-3-2-4-16(13-15)14-18(23)21-9-11-22(12-10-21)19(24)17-5-7-20-8-6-17/h2-8,13H,9-12,14H2,1H3. The maximum Gasteiger partial charge on any atom is 0.254 e. The maximum atomic E-state index is 12.4. The molecule has 0 unspecified atom stereocenters. The predicted molar refractivity (Wildman–Crippen MR) is 91.6 cm³/mol. The third kappa shape index (κ3) is 3.79. The fourth-order valence-electron chi connectivity index (χ4n) is 2.94. The van der Waals surface area contributed by atoms with Crippen LogP contribution in [0.4, 0.5) is 0 Å². The molecule has 2 heterocycles. The Morgan fingerprint density at radius 3 is 2.33 bits per heavy atom. The minimum atomic E-state index is 0.00295. The zero-order chi connectivity index (χ0) is 16.9. The number of nitrogens with zero attached hydrogens (tertiary/aromatic N) is 3. The maximum absolute atomic E-state index is 12.4. The molecule has 0 saturated carbocycles. The van der Waals surface area contributed by atoms with Gasteiger partial charge < -0.3 is 9.80 Å². The highest BCUT2D eigenvalue weighted by atomic mass is 16.2. The Hall–Kier alpha value is -2.69. The number of aryl methyl sites for hydroxylation is 1. The number of amides is 2. The van der Waals surface area contributed by atoms with Crippen LogP contribution in [0.1, 0.15) is 21.5 Å². The Bertz CT molecular complexity index is 722. The second-order valence-corrected chi connectivity index (χ2v) is 6.07. The van der Waals surface area contributed by atoms with Crippen LogP contribution in [-0.4, -0.2) is 52.8 Å². The number of aromatic nitrogens is 1. The lowest BCUT2D eigenvalue weighted by Gasteiger charge is -2.35. The molecule has 1 aliphatic rings. The lowest BCUT2D eigenvalue weighted by Crippen LogP contribution is -2.51. The molecule has 1 aromatic heterocycles. The van der Waals surface area contributed by atoms with Gasteiger partial charge in [0, 0.05) is 44.1 Å². The van der Waals surface area contributed by atoms with Crippen molar-refractivity contribution in [3.05, 3.63) is 65.5 Å². The molecule has 0 spiro atoms. The van der Waals surface area contributed by atoms with Crippen LogP contribution in [-0.2, 0) is 11.2 Å². The van der Waals surface area contributed by atoms with Crippen LogP contribution in [0.2, 0.25) is 0 Å². The van der Waals surface area contributed by atoms with E-state index in [4.69, 9.17) is 0 Å². The Morgan fingerprint density at radius 1 is 1.00 bits per heavy atom. The Balaban J connectivity index is 1.55. The van der Waals surface area contributed by atoms with Gasteiger partial charge in [0.05, 0.1) is 6.42 Å². The zero-order valence-corrected chi connectivity index (χ0v) is 13.8. The van der Waals surface area contributed by atoms with Gasteiger partial charge in [-0.1, -0.05) is 29.8 Å². The summed E-state index contributed by atoms with van der Waals surface area (Å²) in [6, 6.07) is 11.5. The van der Waals surface area contributed by atoms with Crippen molar-refractivity contribution in [3.8, 4) is 0 Å². The average Bonchev–Trinajstić information content (AvgIpc) is 2.62. The first-order valence-corrected chi connectivity index (χ1v) is 8.16. The molecular weight excluding hydrogens is 302 g/mol. The summed E-state index contributed by atoms with van der Waals surface area (Å²) in [6.07, 6.45) is 3.66. The van der Waals surface area contributed by atoms with E-state index >= 15 is 0 Å². The molecule has 3 rings (SSSR count). The van der Waals surface area contributed by atoms with E-state index in [0.29, 0.717) is 38.2 Å². The minimum Gasteiger partial charge on any atom is -0.339 e. The third-order valence-corrected chi connectivity index (χ3v) is 4.28. The number of carbonyl (C=O) groups is 2. The number of carbonyl (C=O) groups excluding carboxylic acids is 2. The van der Waals surface area contributed by atoms with Gasteiger partial charge in [-0.25, -0.2) is 0 Å². The smallest absolute Gasteiger partial charge is 0.254 e. The SMILES string of the molecule is Cc1cccc(CC(=O)N2CCN(C(=O)c3ccncc3)CC2)c1. The molecule has 1 saturated heterocycles. The molecule has 0 bridgehead atoms. The fourth-order valence-corrected chi connectivity index (χ4v) is 2.94. The van der Waals surface area contributed by atoms with Gasteiger partial charge in [0.2, 0.25) is 5.91 Å². The van der Waals surface area contributed by atoms with Crippen molar-refractivity contribution in [2.75, 3.05) is 26.2 Å². The van der Waals surface area contributed by atoms with Gasteiger partial charge >= 0.3 is 0 Å². The lowest BCUT2D eigenvalue weighted by atomic mass is 10.1. The van der Waals surface area contributed by atoms with E-state index in [0.717, 1.165) is 11.1 Å². The predicted octanol–water partition coefficient (Wildman–Crippen LogP) is 1.92. The van der Waals surface area contributed by atoms with E-state index in [1.54, 1.807) is 29.4 Å². The second kappa shape index (κ2) is 7.25. The summed E-state index contributed by atoms with van der Waals surface area (Å²) in [5.74, 6) is 0.125. The van der Waals surface area contributed by atoms with Gasteiger partial charge in [0.1, 0.15) is 0 Å². The van der Waals surface area contributed by atoms with Gasteiger partial charge in [0.15, 0.2) is 0 Å². The van der Waals surface area contributed by atoms with Crippen LogP contribution in [0, 0.1) is 6.92 Å². The van der Waals surface area contributed by atoms with E-state index in [-0.39, 0.29) is 11.8 Å². The molecule has 0 atom stereocenters. The minimum absolute atomic E-state index is 0.00295. The van der Waals surface area contributed by atoms with Gasteiger partial charge in [-0.3, -0.25) is 14.6 Å². The highest BCUT2D eigenvalue weighted by Gasteiger charge is 2.24. The first kappa shape index (κ1) is 16.2. The highest BCUT2D eigenvalue weighted by Crippen LogP contribution is 2.11. The number of hydrogen-bond acceptors (Lipinski definition) is 3. The monoisotopic (exact) mass is 323 g/mol. The molecule has 1 fully saturated rings. The van der Waals surface area contributed by atoms with Crippen molar-refractivity contribution >= 4 is 11.8 Å². The molecule has 1 aliphatic heterocycles. The molecule has 1 aromatic carbocycles. The Labute approximate surface area is 141 Å². The van der Waals surface area contributed by atoms with E-state index < -0.39 is 0 Å². The van der Waals surface area contributed by atoms with Crippen LogP contribution in [0.25, 0.3) is 0 Å². The number of hydrogen-bond donors (Lipinski definition) is 0. The summed E-state index contributed by atoms with van der Waals surface area (Å²) in [5.41, 5.74) is 2.84. The van der Waals surface area contributed by atoms with Crippen LogP contribution in [0.5, 0.6) is 0 Å². The molecule has 0 radical (unpaired) electrons. The van der Waals surface area contributed by atoms with Crippen LogP contribution >= 0.6 is 0 Å². The molecule has 5 heteroatoms. The van der Waals surface area contributed by atoms with Gasteiger partial charge in [-0.2, -0.15) is 0 Å². The molecule has 5 nitrogen and oxygen atoms in total. The summed E-state index contributed by atoms with van der Waals surface area (Å²) < 4.78 is 0. The van der Waals surface area contributed by atoms with Gasteiger partial charge in [-0.05, 0) is 24.6 Å². The van der Waals surface area contributed by atoms with Crippen LogP contribution in [0.3, 0.4) is 0 Å². The summed E-state index contributed by atoms with van der Waals surface area (Å²) in [6.45, 7) is 4.34. The van der Waals surface area contributed by atoms with Crippen molar-refractivity contribution in [1.82, 2.24) is 14.8 Å². The quantitative estimate of drug-likeness (QED) is 0.867. The summed E-state index contributed by atoms with van der Waals surface area (Å²) in [4.78, 5) is 32.4. The summed E-state index contributed by atoms with van der Waals surface area (Å²) in [7, 11) is 0. The third-order valence-electron chi connectivity index (χ3n) is 4.28. The molecular formula is C19H21N3O2. The van der Waals surface area contributed by atoms with E-state index in [9.17, 15) is 9.59 Å². The van der Waals surface area contributed by atoms with Gasteiger partial charge in [0.25, 0.3) is 5.91 Å². The largest absolute Gasteiger partial charge is 0.339 e. The first-order chi connectivity index (χ1) is 11.6. The molecule has 0 aliphatic carbocycles. The molecule has 0 N–H and O–H groups in total. The molecule has 124 valence electrons. The topological polar surface area (TPSA) is 53.5 Å². The number of rotatable bonds is 3. The number of piperazine rings is 1. The number of benzene rings is 1. The summed E-state index contributed by atoms with van der Waals surface area (Å²) in [5, 5.41) is 0. The molecule has 24 heavy (non-hydrogen) atoms. The van der Waals surface area contributed by atoms with Crippen molar-refractivity contribution < 1.29 is 9.59 Å². The first-order valence-electron chi connectivity index (χ1n) is 8.16. The van der Waals surface area contributed by atoms with E-state index in [1.165, 1.54) is 0 Å². The zero-order valence-electron chi connectivity index (χ0n) is 13.8. The molecule has 2 aromatic rings. The fraction of sp³-hybridized carbons (Fsp3) is 0.316. The Kier molecular flexibility index (Phi) is 4.89. The summed E-state index contributed by atoms with van der Waals surface area (Å²) >= 11 is 0. The average molecular weight is 323 g/mol. The lowest BCUT2D eigenvalue weighted by molar-refractivity contribution is -0.131. The van der Waals surface area contributed by atoms with Gasteiger partial charge in [-0.15, -0.1) is 0 Å². The highest BCUT2D eigenvalue weighted by molar-refractivity contribution is 5.94. The van der Waals surface area contributed by atoms with E-state index in [1.807, 2.05) is 36.1 Å². The second-order valence-electron chi connectivity index (χ2n) is 6.07. The normalized spacial score (nSPS) is 14.5. The van der Waals surface area contributed by atoms with Crippen molar-refractivity contribution in [3.63, 3.8) is 0 Å². The molecule has 2 amide bonds. The van der Waals surface area contributed by atoms with Crippen molar-refractivity contribution in [2.24, 2.45) is 0 Å². The Morgan fingerprint density at radius 2 is 1.67 bits per heavy atom. The van der Waals surface area contributed by atoms with Crippen LogP contribution in [0.15, 0.2) is 48.8 Å². The van der Waals surface area contributed by atoms with Crippen LogP contribution < -0.4 is 0 Å².